The molecule has 5 rings (SSSR count). The van der Waals surface area contributed by atoms with Crippen LogP contribution in [0, 0.1) is 0 Å². The first kappa shape index (κ1) is 26.1. The normalized spacial score (nSPS) is 22.5. The van der Waals surface area contributed by atoms with E-state index in [-0.39, 0.29) is 30.8 Å². The van der Waals surface area contributed by atoms with Crippen LogP contribution in [0.2, 0.25) is 0 Å². The number of amides is 4. The summed E-state index contributed by atoms with van der Waals surface area (Å²) >= 11 is 0. The van der Waals surface area contributed by atoms with Crippen molar-refractivity contribution in [1.82, 2.24) is 25.4 Å². The highest BCUT2D eigenvalue weighted by molar-refractivity contribution is 6.05. The van der Waals surface area contributed by atoms with Crippen LogP contribution >= 0.6 is 0 Å². The fraction of sp³-hybridized carbons (Fsp3) is 0.345. The summed E-state index contributed by atoms with van der Waals surface area (Å²) in [5, 5.41) is 5.06. The summed E-state index contributed by atoms with van der Waals surface area (Å²) in [6, 6.07) is 13.7. The lowest BCUT2D eigenvalue weighted by Crippen LogP contribution is -2.46. The number of nitrogens with one attached hydrogen (secondary N) is 2. The maximum atomic E-state index is 13.7. The smallest absolute Gasteiger partial charge is 0.411 e. The van der Waals surface area contributed by atoms with E-state index in [9.17, 15) is 19.2 Å². The Hall–Kier alpha value is -4.47. The highest BCUT2D eigenvalue weighted by atomic mass is 16.6. The summed E-state index contributed by atoms with van der Waals surface area (Å²) in [7, 11) is 1.48. The van der Waals surface area contributed by atoms with Crippen molar-refractivity contribution in [2.45, 2.75) is 44.0 Å². The summed E-state index contributed by atoms with van der Waals surface area (Å²) in [4.78, 5) is 59.0. The summed E-state index contributed by atoms with van der Waals surface area (Å²) in [5.74, 6) is -0.444. The molecule has 1 aromatic carbocycles. The molecule has 4 amide bonds. The highest BCUT2D eigenvalue weighted by Crippen LogP contribution is 2.45. The molecule has 1 fully saturated rings. The van der Waals surface area contributed by atoms with Gasteiger partial charge < -0.3 is 20.3 Å². The van der Waals surface area contributed by atoms with Crippen LogP contribution in [0.3, 0.4) is 0 Å². The number of pyridine rings is 1. The Balaban J connectivity index is 1.33. The molecule has 2 aromatic rings. The second-order valence-corrected chi connectivity index (χ2v) is 9.97. The molecule has 2 unspecified atom stereocenters. The third kappa shape index (κ3) is 5.14. The average Bonchev–Trinajstić information content (AvgIpc) is 3.47. The topological polar surface area (TPSA) is 121 Å². The summed E-state index contributed by atoms with van der Waals surface area (Å²) in [6.45, 7) is 2.28. The number of hydrogen-bond acceptors (Lipinski definition) is 6. The molecule has 2 heterocycles. The van der Waals surface area contributed by atoms with Crippen LogP contribution in [0.1, 0.15) is 37.1 Å². The molecule has 1 spiro atoms. The second-order valence-electron chi connectivity index (χ2n) is 9.97. The van der Waals surface area contributed by atoms with E-state index in [0.29, 0.717) is 30.5 Å². The number of benzene rings is 1. The van der Waals surface area contributed by atoms with Gasteiger partial charge in [-0.05, 0) is 37.5 Å². The first-order valence-corrected chi connectivity index (χ1v) is 13.0. The predicted octanol–water partition coefficient (Wildman–Crippen LogP) is 2.89. The molecule has 202 valence electrons. The SMILES string of the molecule is CNC(=O)NC1C=CC2=C(CC[C@]23CN(CC(=O)N(Cc2ccccc2)C(C)c2ccccn2)C(=O)O3)C1=O. The van der Waals surface area contributed by atoms with Gasteiger partial charge in [0.2, 0.25) is 5.91 Å². The van der Waals surface area contributed by atoms with Gasteiger partial charge in [-0.1, -0.05) is 48.6 Å². The van der Waals surface area contributed by atoms with Crippen molar-refractivity contribution >= 4 is 23.8 Å². The fourth-order valence-corrected chi connectivity index (χ4v) is 5.46. The minimum Gasteiger partial charge on any atom is -0.436 e. The third-order valence-corrected chi connectivity index (χ3v) is 7.56. The Kier molecular flexibility index (Phi) is 7.19. The molecule has 10 nitrogen and oxygen atoms in total. The minimum atomic E-state index is -0.992. The molecule has 3 atom stereocenters. The first-order valence-electron chi connectivity index (χ1n) is 13.0. The summed E-state index contributed by atoms with van der Waals surface area (Å²) in [6.07, 6.45) is 5.34. The van der Waals surface area contributed by atoms with E-state index in [2.05, 4.69) is 15.6 Å². The zero-order valence-electron chi connectivity index (χ0n) is 21.9. The van der Waals surface area contributed by atoms with Crippen molar-refractivity contribution < 1.29 is 23.9 Å². The number of aromatic nitrogens is 1. The molecule has 0 radical (unpaired) electrons. The lowest BCUT2D eigenvalue weighted by molar-refractivity contribution is -0.134. The number of rotatable bonds is 7. The van der Waals surface area contributed by atoms with Gasteiger partial charge in [-0.2, -0.15) is 0 Å². The van der Waals surface area contributed by atoms with Gasteiger partial charge in [0, 0.05) is 30.9 Å². The van der Waals surface area contributed by atoms with Gasteiger partial charge in [0.15, 0.2) is 11.4 Å². The number of ether oxygens (including phenoxy) is 1. The van der Waals surface area contributed by atoms with E-state index in [1.54, 1.807) is 23.2 Å². The van der Waals surface area contributed by atoms with Gasteiger partial charge in [0.05, 0.1) is 18.3 Å². The lowest BCUT2D eigenvalue weighted by atomic mass is 9.89. The van der Waals surface area contributed by atoms with E-state index in [4.69, 9.17) is 4.74 Å². The van der Waals surface area contributed by atoms with Gasteiger partial charge in [0.1, 0.15) is 12.6 Å². The number of Topliss-reactive ketones (excluding diaryl/α,β-unsaturated/α-hetero) is 1. The minimum absolute atomic E-state index is 0.161. The molecule has 10 heteroatoms. The molecule has 1 saturated heterocycles. The number of fused-ring (bicyclic) bond motifs is 1. The van der Waals surface area contributed by atoms with Crippen molar-refractivity contribution in [2.75, 3.05) is 20.1 Å². The molecule has 2 N–H and O–H groups in total. The zero-order chi connectivity index (χ0) is 27.6. The molecular formula is C29H31N5O5. The van der Waals surface area contributed by atoms with E-state index < -0.39 is 23.8 Å². The van der Waals surface area contributed by atoms with Crippen LogP contribution in [0.4, 0.5) is 9.59 Å². The Bertz CT molecular complexity index is 1340. The number of urea groups is 1. The van der Waals surface area contributed by atoms with Gasteiger partial charge in [0.25, 0.3) is 0 Å². The van der Waals surface area contributed by atoms with Crippen molar-refractivity contribution in [3.05, 3.63) is 89.3 Å². The highest BCUT2D eigenvalue weighted by Gasteiger charge is 2.53. The van der Waals surface area contributed by atoms with E-state index in [1.807, 2.05) is 55.5 Å². The van der Waals surface area contributed by atoms with Crippen LogP contribution < -0.4 is 10.6 Å². The van der Waals surface area contributed by atoms with Crippen molar-refractivity contribution in [2.24, 2.45) is 0 Å². The van der Waals surface area contributed by atoms with Crippen LogP contribution in [0.15, 0.2) is 78.0 Å². The summed E-state index contributed by atoms with van der Waals surface area (Å²) in [5.41, 5.74) is 1.92. The first-order chi connectivity index (χ1) is 18.8. The predicted molar refractivity (Wildman–Crippen MR) is 142 cm³/mol. The number of carbonyl (C=O) groups excluding carboxylic acids is 4. The van der Waals surface area contributed by atoms with Crippen molar-refractivity contribution in [3.63, 3.8) is 0 Å². The molecule has 39 heavy (non-hydrogen) atoms. The zero-order valence-corrected chi connectivity index (χ0v) is 21.9. The molecule has 3 aliphatic rings. The maximum Gasteiger partial charge on any atom is 0.411 e. The number of ketones is 1. The molecule has 1 aromatic heterocycles. The van der Waals surface area contributed by atoms with Gasteiger partial charge in [-0.3, -0.25) is 19.5 Å². The molecule has 0 bridgehead atoms. The molecule has 1 aliphatic heterocycles. The Morgan fingerprint density at radius 1 is 1.18 bits per heavy atom. The van der Waals surface area contributed by atoms with E-state index >= 15 is 0 Å². The fourth-order valence-electron chi connectivity index (χ4n) is 5.46. The Morgan fingerprint density at radius 2 is 1.95 bits per heavy atom. The van der Waals surface area contributed by atoms with Crippen LogP contribution in [-0.4, -0.2) is 70.4 Å². The molecule has 2 aliphatic carbocycles. The number of carbonyl (C=O) groups is 4. The quantitative estimate of drug-likeness (QED) is 0.569. The Morgan fingerprint density at radius 3 is 2.67 bits per heavy atom. The Labute approximate surface area is 226 Å². The second kappa shape index (κ2) is 10.7. The van der Waals surface area contributed by atoms with E-state index in [1.165, 1.54) is 11.9 Å². The number of hydrogen-bond donors (Lipinski definition) is 2. The van der Waals surface area contributed by atoms with Crippen molar-refractivity contribution in [3.8, 4) is 0 Å². The standard InChI is InChI=1S/C29H31N5O5/c1-19(23-10-6-7-15-31-23)34(16-20-8-4-3-5-9-20)25(35)17-33-18-29(39-28(33)38)14-13-21-22(29)11-12-24(26(21)36)32-27(37)30-2/h3-12,15,19,24H,13-14,16-18H2,1-2H3,(H2,30,32,37)/t19?,24?,29-/m0/s1. The van der Waals surface area contributed by atoms with Crippen molar-refractivity contribution in [1.29, 1.82) is 0 Å². The maximum absolute atomic E-state index is 13.7. The van der Waals surface area contributed by atoms with Gasteiger partial charge in [-0.25, -0.2) is 9.59 Å². The average molecular weight is 530 g/mol. The van der Waals surface area contributed by atoms with Crippen LogP contribution in [0.25, 0.3) is 0 Å². The third-order valence-electron chi connectivity index (χ3n) is 7.56. The molecule has 0 saturated carbocycles. The number of nitrogens with zero attached hydrogens (tertiary/aromatic N) is 3. The summed E-state index contributed by atoms with van der Waals surface area (Å²) < 4.78 is 5.86. The lowest BCUT2D eigenvalue weighted by Gasteiger charge is -2.31. The van der Waals surface area contributed by atoms with Gasteiger partial charge in [-0.15, -0.1) is 0 Å². The van der Waals surface area contributed by atoms with Crippen LogP contribution in [0.5, 0.6) is 0 Å². The monoisotopic (exact) mass is 529 g/mol. The van der Waals surface area contributed by atoms with E-state index in [0.717, 1.165) is 11.3 Å². The van der Waals surface area contributed by atoms with Gasteiger partial charge >= 0.3 is 12.1 Å². The van der Waals surface area contributed by atoms with Crippen LogP contribution in [-0.2, 0) is 20.9 Å². The molecular weight excluding hydrogens is 498 g/mol. The largest absolute Gasteiger partial charge is 0.436 e.